The Morgan fingerprint density at radius 3 is 2.73 bits per heavy atom. The predicted octanol–water partition coefficient (Wildman–Crippen LogP) is 2.44. The highest BCUT2D eigenvalue weighted by atomic mass is 32.1. The Bertz CT molecular complexity index is 1330. The largest absolute Gasteiger partial charge is 0.379 e. The maximum absolute atomic E-state index is 12.5. The molecule has 0 unspecified atom stereocenters. The molecular formula is C23H26N6O3S. The molecule has 1 aliphatic heterocycles. The molecule has 0 saturated carbocycles. The molecule has 172 valence electrons. The number of rotatable bonds is 7. The molecule has 4 aromatic rings. The Morgan fingerprint density at radius 2 is 1.94 bits per heavy atom. The summed E-state index contributed by atoms with van der Waals surface area (Å²) in [5, 5.41) is 13.3. The molecular weight excluding hydrogens is 440 g/mol. The van der Waals surface area contributed by atoms with Crippen LogP contribution in [0.3, 0.4) is 0 Å². The number of benzene rings is 1. The fourth-order valence-electron chi connectivity index (χ4n) is 4.16. The first-order chi connectivity index (χ1) is 16.1. The summed E-state index contributed by atoms with van der Waals surface area (Å²) in [6, 6.07) is 9.94. The Kier molecular flexibility index (Phi) is 6.21. The number of amides is 1. The highest BCUT2D eigenvalue weighted by Gasteiger charge is 2.16. The normalized spacial score (nSPS) is 14.8. The van der Waals surface area contributed by atoms with Crippen molar-refractivity contribution in [2.45, 2.75) is 25.8 Å². The minimum Gasteiger partial charge on any atom is -0.379 e. The van der Waals surface area contributed by atoms with Gasteiger partial charge in [-0.2, -0.15) is 0 Å². The fourth-order valence-corrected chi connectivity index (χ4v) is 5.01. The molecule has 5 rings (SSSR count). The predicted molar refractivity (Wildman–Crippen MR) is 128 cm³/mol. The number of carbonyl (C=O) groups is 1. The quantitative estimate of drug-likeness (QED) is 0.450. The average molecular weight is 467 g/mol. The second-order valence-corrected chi connectivity index (χ2v) is 9.15. The van der Waals surface area contributed by atoms with Crippen LogP contribution in [0.4, 0.5) is 5.69 Å². The maximum Gasteiger partial charge on any atom is 0.272 e. The molecule has 3 aromatic heterocycles. The van der Waals surface area contributed by atoms with E-state index in [0.29, 0.717) is 29.7 Å². The van der Waals surface area contributed by atoms with Gasteiger partial charge >= 0.3 is 0 Å². The lowest BCUT2D eigenvalue weighted by Gasteiger charge is -2.26. The van der Waals surface area contributed by atoms with Crippen LogP contribution in [-0.4, -0.2) is 56.3 Å². The van der Waals surface area contributed by atoms with E-state index in [9.17, 15) is 9.59 Å². The summed E-state index contributed by atoms with van der Waals surface area (Å²) in [7, 11) is 1.70. The first kappa shape index (κ1) is 21.7. The van der Waals surface area contributed by atoms with Gasteiger partial charge < -0.3 is 10.1 Å². The third kappa shape index (κ3) is 4.54. The highest BCUT2D eigenvalue weighted by Crippen LogP contribution is 2.20. The number of hydrogen-bond acceptors (Lipinski definition) is 7. The van der Waals surface area contributed by atoms with Crippen LogP contribution in [0.25, 0.3) is 16.0 Å². The first-order valence-corrected chi connectivity index (χ1v) is 12.0. The zero-order chi connectivity index (χ0) is 22.8. The van der Waals surface area contributed by atoms with Gasteiger partial charge in [0.15, 0.2) is 0 Å². The molecule has 1 aliphatic rings. The minimum absolute atomic E-state index is 0.0298. The van der Waals surface area contributed by atoms with E-state index in [4.69, 9.17) is 4.74 Å². The number of fused-ring (bicyclic) bond motifs is 3. The molecule has 4 heterocycles. The number of morpholine rings is 1. The number of thiophene rings is 1. The van der Waals surface area contributed by atoms with Gasteiger partial charge in [-0.15, -0.1) is 21.5 Å². The lowest BCUT2D eigenvalue weighted by atomic mass is 10.1. The van der Waals surface area contributed by atoms with Gasteiger partial charge in [0.1, 0.15) is 10.5 Å². The number of nitrogens with one attached hydrogen (secondary N) is 1. The van der Waals surface area contributed by atoms with E-state index in [1.807, 2.05) is 28.0 Å². The fraction of sp³-hybridized carbons (Fsp3) is 0.391. The molecule has 1 fully saturated rings. The second kappa shape index (κ2) is 9.42. The molecule has 1 N–H and O–H groups in total. The standard InChI is InChI=1S/C23H26N6O3S/c1-27-22(31)21-18(9-14-33-21)29-19(25-26-23(27)29)3-2-4-20(30)24-17-7-5-16(6-8-17)15-28-10-12-32-13-11-28/h5-9,14H,2-4,10-13,15H2,1H3,(H,24,30). The molecule has 0 radical (unpaired) electrons. The maximum atomic E-state index is 12.5. The molecule has 1 aromatic carbocycles. The topological polar surface area (TPSA) is 93.8 Å². The summed E-state index contributed by atoms with van der Waals surface area (Å²) in [5.41, 5.74) is 2.78. The Balaban J connectivity index is 1.17. The average Bonchev–Trinajstić information content (AvgIpc) is 3.47. The smallest absolute Gasteiger partial charge is 0.272 e. The summed E-state index contributed by atoms with van der Waals surface area (Å²) in [6.07, 6.45) is 1.61. The lowest BCUT2D eigenvalue weighted by molar-refractivity contribution is -0.116. The molecule has 9 nitrogen and oxygen atoms in total. The van der Waals surface area contributed by atoms with Crippen molar-refractivity contribution in [1.29, 1.82) is 0 Å². The van der Waals surface area contributed by atoms with Crippen molar-refractivity contribution in [1.82, 2.24) is 24.1 Å². The van der Waals surface area contributed by atoms with Gasteiger partial charge in [-0.3, -0.25) is 23.5 Å². The number of ether oxygens (including phenoxy) is 1. The van der Waals surface area contributed by atoms with Crippen LogP contribution in [0, 0.1) is 0 Å². The summed E-state index contributed by atoms with van der Waals surface area (Å²) in [5.74, 6) is 1.24. The molecule has 10 heteroatoms. The number of nitrogens with zero attached hydrogens (tertiary/aromatic N) is 5. The van der Waals surface area contributed by atoms with Gasteiger partial charge in [0.05, 0.1) is 18.7 Å². The molecule has 0 atom stereocenters. The molecule has 33 heavy (non-hydrogen) atoms. The van der Waals surface area contributed by atoms with E-state index in [-0.39, 0.29) is 11.5 Å². The van der Waals surface area contributed by atoms with E-state index in [2.05, 4.69) is 32.5 Å². The zero-order valence-corrected chi connectivity index (χ0v) is 19.3. The van der Waals surface area contributed by atoms with Crippen molar-refractivity contribution in [3.63, 3.8) is 0 Å². The van der Waals surface area contributed by atoms with Gasteiger partial charge in [0.25, 0.3) is 5.56 Å². The summed E-state index contributed by atoms with van der Waals surface area (Å²) >= 11 is 1.41. The number of aromatic nitrogens is 4. The zero-order valence-electron chi connectivity index (χ0n) is 18.5. The van der Waals surface area contributed by atoms with Gasteiger partial charge in [-0.1, -0.05) is 12.1 Å². The van der Waals surface area contributed by atoms with Crippen LogP contribution >= 0.6 is 11.3 Å². The third-order valence-corrected chi connectivity index (χ3v) is 6.84. The van der Waals surface area contributed by atoms with E-state index in [1.54, 1.807) is 7.05 Å². The molecule has 1 amide bonds. The molecule has 0 aliphatic carbocycles. The summed E-state index contributed by atoms with van der Waals surface area (Å²) < 4.78 is 9.51. The van der Waals surface area contributed by atoms with Crippen LogP contribution in [-0.2, 0) is 29.5 Å². The van der Waals surface area contributed by atoms with Gasteiger partial charge in [0.2, 0.25) is 11.7 Å². The Hall–Kier alpha value is -3.08. The van der Waals surface area contributed by atoms with Crippen molar-refractivity contribution in [2.24, 2.45) is 7.05 Å². The van der Waals surface area contributed by atoms with E-state index in [1.165, 1.54) is 21.5 Å². The summed E-state index contributed by atoms with van der Waals surface area (Å²) in [4.78, 5) is 27.3. The molecule has 1 saturated heterocycles. The van der Waals surface area contributed by atoms with Crippen LogP contribution < -0.4 is 10.9 Å². The molecule has 0 bridgehead atoms. The third-order valence-electron chi connectivity index (χ3n) is 5.95. The van der Waals surface area contributed by atoms with Crippen molar-refractivity contribution < 1.29 is 9.53 Å². The second-order valence-electron chi connectivity index (χ2n) is 8.24. The van der Waals surface area contributed by atoms with Gasteiger partial charge in [-0.25, -0.2) is 0 Å². The SMILES string of the molecule is Cn1c(=O)c2sccc2n2c(CCCC(=O)Nc3ccc(CN4CCOCC4)cc3)nnc12. The molecule has 0 spiro atoms. The van der Waals surface area contributed by atoms with E-state index < -0.39 is 0 Å². The number of carbonyl (C=O) groups excluding carboxylic acids is 1. The number of hydrogen-bond donors (Lipinski definition) is 1. The van der Waals surface area contributed by atoms with E-state index >= 15 is 0 Å². The number of aryl methyl sites for hydroxylation is 2. The Morgan fingerprint density at radius 1 is 1.15 bits per heavy atom. The lowest BCUT2D eigenvalue weighted by Crippen LogP contribution is -2.35. The monoisotopic (exact) mass is 466 g/mol. The van der Waals surface area contributed by atoms with Crippen LogP contribution in [0.5, 0.6) is 0 Å². The van der Waals surface area contributed by atoms with Crippen molar-refractivity contribution in [2.75, 3.05) is 31.6 Å². The first-order valence-electron chi connectivity index (χ1n) is 11.1. The number of anilines is 1. The Labute approximate surface area is 194 Å². The van der Waals surface area contributed by atoms with Crippen LogP contribution in [0.1, 0.15) is 24.2 Å². The minimum atomic E-state index is -0.0678. The highest BCUT2D eigenvalue weighted by molar-refractivity contribution is 7.17. The van der Waals surface area contributed by atoms with Gasteiger partial charge in [-0.05, 0) is 35.6 Å². The summed E-state index contributed by atoms with van der Waals surface area (Å²) in [6.45, 7) is 4.37. The van der Waals surface area contributed by atoms with Crippen LogP contribution in [0.2, 0.25) is 0 Å². The van der Waals surface area contributed by atoms with Crippen molar-refractivity contribution in [3.05, 3.63) is 57.5 Å². The van der Waals surface area contributed by atoms with Crippen molar-refractivity contribution >= 4 is 38.9 Å². The van der Waals surface area contributed by atoms with Gasteiger partial charge in [0, 0.05) is 45.2 Å². The van der Waals surface area contributed by atoms with E-state index in [0.717, 1.165) is 49.9 Å². The van der Waals surface area contributed by atoms with Crippen molar-refractivity contribution in [3.8, 4) is 0 Å². The van der Waals surface area contributed by atoms with Crippen LogP contribution in [0.15, 0.2) is 40.5 Å².